The number of halogens is 1. The van der Waals surface area contributed by atoms with Gasteiger partial charge in [0.15, 0.2) is 0 Å². The van der Waals surface area contributed by atoms with E-state index in [1.54, 1.807) is 0 Å². The van der Waals surface area contributed by atoms with E-state index in [9.17, 15) is 9.18 Å². The number of aromatic carboxylic acids is 1. The maximum absolute atomic E-state index is 13.1. The van der Waals surface area contributed by atoms with Crippen molar-refractivity contribution in [1.82, 2.24) is 0 Å². The first kappa shape index (κ1) is 13.8. The second-order valence-corrected chi connectivity index (χ2v) is 5.11. The van der Waals surface area contributed by atoms with Gasteiger partial charge in [-0.05, 0) is 49.8 Å². The molecule has 2 rings (SSSR count). The lowest BCUT2D eigenvalue weighted by Crippen LogP contribution is -2.24. The van der Waals surface area contributed by atoms with E-state index >= 15 is 0 Å². The summed E-state index contributed by atoms with van der Waals surface area (Å²) in [5.41, 5.74) is -0.0994. The molecule has 0 bridgehead atoms. The first-order chi connectivity index (χ1) is 9.10. The molecule has 3 nitrogen and oxygen atoms in total. The summed E-state index contributed by atoms with van der Waals surface area (Å²) in [6.07, 6.45) is 5.34. The Bertz CT molecular complexity index is 451. The van der Waals surface area contributed by atoms with Gasteiger partial charge >= 0.3 is 5.97 Å². The maximum Gasteiger partial charge on any atom is 0.339 e. The van der Waals surface area contributed by atoms with Crippen LogP contribution in [0.25, 0.3) is 0 Å². The number of hydrogen-bond donors (Lipinski definition) is 1. The van der Waals surface area contributed by atoms with Gasteiger partial charge in [0.25, 0.3) is 0 Å². The Morgan fingerprint density at radius 2 is 2.05 bits per heavy atom. The fourth-order valence-corrected chi connectivity index (χ4v) is 2.61. The predicted octanol–water partition coefficient (Wildman–Crippen LogP) is 3.87. The van der Waals surface area contributed by atoms with E-state index in [0.717, 1.165) is 37.7 Å². The lowest BCUT2D eigenvalue weighted by molar-refractivity contribution is 0.0682. The highest BCUT2D eigenvalue weighted by molar-refractivity contribution is 5.90. The quantitative estimate of drug-likeness (QED) is 0.899. The number of rotatable bonds is 4. The molecule has 0 amide bonds. The van der Waals surface area contributed by atoms with E-state index in [1.807, 2.05) is 0 Å². The molecule has 19 heavy (non-hydrogen) atoms. The van der Waals surface area contributed by atoms with Crippen LogP contribution in [0.15, 0.2) is 18.2 Å². The highest BCUT2D eigenvalue weighted by atomic mass is 19.1. The highest BCUT2D eigenvalue weighted by Crippen LogP contribution is 2.30. The molecule has 1 N–H and O–H groups in total. The monoisotopic (exact) mass is 266 g/mol. The summed E-state index contributed by atoms with van der Waals surface area (Å²) in [4.78, 5) is 11.1. The Labute approximate surface area is 112 Å². The van der Waals surface area contributed by atoms with Crippen LogP contribution < -0.4 is 4.74 Å². The molecule has 1 fully saturated rings. The van der Waals surface area contributed by atoms with Crippen molar-refractivity contribution >= 4 is 5.97 Å². The summed E-state index contributed by atoms with van der Waals surface area (Å²) in [5.74, 6) is -0.683. The molecule has 0 atom stereocenters. The summed E-state index contributed by atoms with van der Waals surface area (Å²) in [5, 5.41) is 9.05. The third-order valence-electron chi connectivity index (χ3n) is 3.84. The van der Waals surface area contributed by atoms with Crippen LogP contribution >= 0.6 is 0 Å². The molecule has 0 aromatic heterocycles. The van der Waals surface area contributed by atoms with Crippen LogP contribution in [0.2, 0.25) is 0 Å². The van der Waals surface area contributed by atoms with Crippen molar-refractivity contribution in [3.8, 4) is 5.75 Å². The second-order valence-electron chi connectivity index (χ2n) is 5.11. The van der Waals surface area contributed by atoms with Gasteiger partial charge in [0.05, 0.1) is 6.10 Å². The SMILES string of the molecule is CCC1CCC(Oc2ccc(F)cc2C(=O)O)CC1. The molecule has 1 aliphatic rings. The molecule has 4 heteroatoms. The van der Waals surface area contributed by atoms with E-state index in [0.29, 0.717) is 0 Å². The van der Waals surface area contributed by atoms with Crippen molar-refractivity contribution in [3.05, 3.63) is 29.6 Å². The first-order valence-electron chi connectivity index (χ1n) is 6.79. The van der Waals surface area contributed by atoms with Crippen molar-refractivity contribution in [2.24, 2.45) is 5.92 Å². The van der Waals surface area contributed by atoms with Crippen LogP contribution in [0.4, 0.5) is 4.39 Å². The van der Waals surface area contributed by atoms with Gasteiger partial charge in [-0.25, -0.2) is 9.18 Å². The Kier molecular flexibility index (Phi) is 4.40. The van der Waals surface area contributed by atoms with Crippen LogP contribution in [-0.4, -0.2) is 17.2 Å². The Morgan fingerprint density at radius 3 is 2.63 bits per heavy atom. The van der Waals surface area contributed by atoms with Crippen LogP contribution in [-0.2, 0) is 0 Å². The molecule has 1 saturated carbocycles. The van der Waals surface area contributed by atoms with Gasteiger partial charge in [0, 0.05) is 0 Å². The molecular weight excluding hydrogens is 247 g/mol. The topological polar surface area (TPSA) is 46.5 Å². The minimum atomic E-state index is -1.16. The molecule has 0 unspecified atom stereocenters. The zero-order valence-electron chi connectivity index (χ0n) is 11.1. The lowest BCUT2D eigenvalue weighted by atomic mass is 9.86. The van der Waals surface area contributed by atoms with E-state index in [2.05, 4.69) is 6.92 Å². The lowest BCUT2D eigenvalue weighted by Gasteiger charge is -2.28. The second kappa shape index (κ2) is 6.04. The summed E-state index contributed by atoms with van der Waals surface area (Å²) in [6, 6.07) is 3.65. The number of hydrogen-bond acceptors (Lipinski definition) is 2. The van der Waals surface area contributed by atoms with Crippen LogP contribution in [0, 0.1) is 11.7 Å². The minimum absolute atomic E-state index is 0.0476. The highest BCUT2D eigenvalue weighted by Gasteiger charge is 2.23. The van der Waals surface area contributed by atoms with Gasteiger partial charge in [-0.3, -0.25) is 0 Å². The molecule has 0 saturated heterocycles. The van der Waals surface area contributed by atoms with Gasteiger partial charge in [-0.15, -0.1) is 0 Å². The molecule has 1 aromatic carbocycles. The molecule has 1 aliphatic carbocycles. The summed E-state index contributed by atoms with van der Waals surface area (Å²) in [7, 11) is 0. The Morgan fingerprint density at radius 1 is 1.37 bits per heavy atom. The van der Waals surface area contributed by atoms with Gasteiger partial charge < -0.3 is 9.84 Å². The van der Waals surface area contributed by atoms with E-state index in [1.165, 1.54) is 18.6 Å². The number of carboxylic acid groups (broad SMARTS) is 1. The average molecular weight is 266 g/mol. The van der Waals surface area contributed by atoms with E-state index in [4.69, 9.17) is 9.84 Å². The van der Waals surface area contributed by atoms with Crippen molar-refractivity contribution in [3.63, 3.8) is 0 Å². The molecule has 0 aliphatic heterocycles. The first-order valence-corrected chi connectivity index (χ1v) is 6.79. The zero-order chi connectivity index (χ0) is 13.8. The summed E-state index contributed by atoms with van der Waals surface area (Å²) < 4.78 is 18.8. The number of carboxylic acids is 1. The third kappa shape index (κ3) is 3.46. The Hall–Kier alpha value is -1.58. The van der Waals surface area contributed by atoms with Crippen molar-refractivity contribution < 1.29 is 19.0 Å². The van der Waals surface area contributed by atoms with Gasteiger partial charge in [0.1, 0.15) is 17.1 Å². The van der Waals surface area contributed by atoms with Gasteiger partial charge in [-0.1, -0.05) is 13.3 Å². The predicted molar refractivity (Wildman–Crippen MR) is 70.0 cm³/mol. The van der Waals surface area contributed by atoms with Crippen LogP contribution in [0.1, 0.15) is 49.4 Å². The smallest absolute Gasteiger partial charge is 0.339 e. The third-order valence-corrected chi connectivity index (χ3v) is 3.84. The molecule has 0 radical (unpaired) electrons. The number of benzene rings is 1. The summed E-state index contributed by atoms with van der Waals surface area (Å²) in [6.45, 7) is 2.19. The molecule has 1 aromatic rings. The molecular formula is C15H19FO3. The van der Waals surface area contributed by atoms with Crippen LogP contribution in [0.5, 0.6) is 5.75 Å². The average Bonchev–Trinajstić information content (AvgIpc) is 2.41. The largest absolute Gasteiger partial charge is 0.490 e. The fraction of sp³-hybridized carbons (Fsp3) is 0.533. The molecule has 0 spiro atoms. The number of ether oxygens (including phenoxy) is 1. The summed E-state index contributed by atoms with van der Waals surface area (Å²) >= 11 is 0. The van der Waals surface area contributed by atoms with E-state index in [-0.39, 0.29) is 17.4 Å². The number of carbonyl (C=O) groups is 1. The zero-order valence-corrected chi connectivity index (χ0v) is 11.1. The normalized spacial score (nSPS) is 23.1. The minimum Gasteiger partial charge on any atom is -0.490 e. The maximum atomic E-state index is 13.1. The Balaban J connectivity index is 2.05. The van der Waals surface area contributed by atoms with Gasteiger partial charge in [-0.2, -0.15) is 0 Å². The van der Waals surface area contributed by atoms with Gasteiger partial charge in [0.2, 0.25) is 0 Å². The van der Waals surface area contributed by atoms with E-state index < -0.39 is 11.8 Å². The molecule has 0 heterocycles. The van der Waals surface area contributed by atoms with Crippen molar-refractivity contribution in [1.29, 1.82) is 0 Å². The van der Waals surface area contributed by atoms with Crippen molar-refractivity contribution in [2.75, 3.05) is 0 Å². The van der Waals surface area contributed by atoms with Crippen LogP contribution in [0.3, 0.4) is 0 Å². The standard InChI is InChI=1S/C15H19FO3/c1-2-10-3-6-12(7-4-10)19-14-8-5-11(16)9-13(14)15(17)18/h5,8-10,12H,2-4,6-7H2,1H3,(H,17,18). The van der Waals surface area contributed by atoms with Crippen molar-refractivity contribution in [2.45, 2.75) is 45.1 Å². The molecule has 104 valence electrons. The fourth-order valence-electron chi connectivity index (χ4n) is 2.61.